The van der Waals surface area contributed by atoms with Gasteiger partial charge < -0.3 is 14.6 Å². The van der Waals surface area contributed by atoms with E-state index in [2.05, 4.69) is 39.7 Å². The van der Waals surface area contributed by atoms with Crippen molar-refractivity contribution in [3.05, 3.63) is 108 Å². The molecule has 38 heavy (non-hydrogen) atoms. The molecule has 2 aromatic heterocycles. The van der Waals surface area contributed by atoms with Gasteiger partial charge in [-0.1, -0.05) is 53.7 Å². The van der Waals surface area contributed by atoms with Crippen LogP contribution in [0.1, 0.15) is 60.5 Å². The molecule has 1 amide bonds. The van der Waals surface area contributed by atoms with Crippen molar-refractivity contribution in [2.24, 2.45) is 5.92 Å². The van der Waals surface area contributed by atoms with E-state index in [1.165, 1.54) is 5.56 Å². The first-order chi connectivity index (χ1) is 18.6. The third-order valence-electron chi connectivity index (χ3n) is 7.60. The zero-order chi connectivity index (χ0) is 26.2. The van der Waals surface area contributed by atoms with E-state index in [1.54, 1.807) is 13.3 Å². The summed E-state index contributed by atoms with van der Waals surface area (Å²) in [5.74, 6) is 2.60. The number of aromatic nitrogens is 3. The van der Waals surface area contributed by atoms with E-state index in [4.69, 9.17) is 14.2 Å². The first-order valence-corrected chi connectivity index (χ1v) is 13.3. The summed E-state index contributed by atoms with van der Waals surface area (Å²) >= 11 is 0. The van der Waals surface area contributed by atoms with Gasteiger partial charge in [0.25, 0.3) is 0 Å². The molecule has 7 heteroatoms. The molecule has 2 heterocycles. The van der Waals surface area contributed by atoms with Crippen molar-refractivity contribution in [2.45, 2.75) is 50.4 Å². The van der Waals surface area contributed by atoms with E-state index in [0.29, 0.717) is 31.2 Å². The summed E-state index contributed by atoms with van der Waals surface area (Å²) < 4.78 is 11.1. The molecular weight excluding hydrogens is 476 g/mol. The third-order valence-corrected chi connectivity index (χ3v) is 7.60. The van der Waals surface area contributed by atoms with E-state index in [9.17, 15) is 4.79 Å². The van der Waals surface area contributed by atoms with Gasteiger partial charge in [0.2, 0.25) is 11.8 Å². The van der Waals surface area contributed by atoms with Gasteiger partial charge >= 0.3 is 0 Å². The number of methoxy groups -OCH3 is 1. The van der Waals surface area contributed by atoms with Gasteiger partial charge in [0.1, 0.15) is 5.75 Å². The predicted octanol–water partition coefficient (Wildman–Crippen LogP) is 5.29. The fraction of sp³-hybridized carbons (Fsp3) is 0.355. The van der Waals surface area contributed by atoms with Crippen molar-refractivity contribution in [3.63, 3.8) is 0 Å². The van der Waals surface area contributed by atoms with Crippen LogP contribution in [0.15, 0.2) is 83.6 Å². The fourth-order valence-electron chi connectivity index (χ4n) is 5.48. The molecule has 0 spiro atoms. The molecule has 5 rings (SSSR count). The normalized spacial score (nSPS) is 19.1. The molecule has 1 aliphatic rings. The quantitative estimate of drug-likeness (QED) is 0.312. The van der Waals surface area contributed by atoms with Crippen LogP contribution in [-0.2, 0) is 23.1 Å². The van der Waals surface area contributed by atoms with Crippen LogP contribution in [0, 0.1) is 5.92 Å². The van der Waals surface area contributed by atoms with Gasteiger partial charge in [-0.2, -0.15) is 4.98 Å². The average molecular weight is 511 g/mol. The topological polar surface area (TPSA) is 90.1 Å². The minimum absolute atomic E-state index is 0.117. The first-order valence-electron chi connectivity index (χ1n) is 13.3. The van der Waals surface area contributed by atoms with Gasteiger partial charge in [-0.05, 0) is 72.9 Å². The minimum Gasteiger partial charge on any atom is -0.497 e. The Bertz CT molecular complexity index is 1320. The Morgan fingerprint density at radius 3 is 2.63 bits per heavy atom. The molecule has 0 aliphatic heterocycles. The Kier molecular flexibility index (Phi) is 8.12. The van der Waals surface area contributed by atoms with Crippen molar-refractivity contribution in [2.75, 3.05) is 13.7 Å². The third kappa shape index (κ3) is 6.10. The molecular formula is C31H34N4O3. The number of ether oxygens (including phenoxy) is 1. The van der Waals surface area contributed by atoms with Gasteiger partial charge in [-0.3, -0.25) is 9.78 Å². The lowest BCUT2D eigenvalue weighted by Crippen LogP contribution is -2.36. The van der Waals surface area contributed by atoms with Gasteiger partial charge in [0, 0.05) is 25.4 Å². The molecule has 1 aliphatic carbocycles. The number of pyridine rings is 1. The Hall–Kier alpha value is -4.00. The minimum atomic E-state index is -0.315. The standard InChI is InChI=1S/C31H34N4O3/c1-37-27-11-5-7-25(19-27)21-29-34-30(35-38-29)31(26-9-3-2-4-10-26)15-12-23(13-16-31)20-28(36)33-18-14-24-8-6-17-32-22-24/h2-11,17,19,22-23H,12-16,18,20-21H2,1H3,(H,33,36). The molecule has 4 aromatic rings. The number of rotatable bonds is 10. The zero-order valence-corrected chi connectivity index (χ0v) is 21.8. The van der Waals surface area contributed by atoms with E-state index in [0.717, 1.165) is 54.8 Å². The lowest BCUT2D eigenvalue weighted by Gasteiger charge is -2.38. The number of nitrogens with zero attached hydrogens (tertiary/aromatic N) is 3. The van der Waals surface area contributed by atoms with Crippen LogP contribution in [0.2, 0.25) is 0 Å². The van der Waals surface area contributed by atoms with Crippen molar-refractivity contribution in [1.29, 1.82) is 0 Å². The molecule has 1 saturated carbocycles. The van der Waals surface area contributed by atoms with Crippen LogP contribution in [0.25, 0.3) is 0 Å². The van der Waals surface area contributed by atoms with Crippen LogP contribution >= 0.6 is 0 Å². The number of carbonyl (C=O) groups is 1. The van der Waals surface area contributed by atoms with Gasteiger partial charge in [-0.15, -0.1) is 0 Å². The second-order valence-electron chi connectivity index (χ2n) is 10.1. The SMILES string of the molecule is COc1cccc(Cc2nc(C3(c4ccccc4)CCC(CC(=O)NCCc4cccnc4)CC3)no2)c1. The first kappa shape index (κ1) is 25.6. The Morgan fingerprint density at radius 1 is 1.05 bits per heavy atom. The van der Waals surface area contributed by atoms with Crippen molar-refractivity contribution in [1.82, 2.24) is 20.4 Å². The van der Waals surface area contributed by atoms with Crippen molar-refractivity contribution in [3.8, 4) is 5.75 Å². The average Bonchev–Trinajstić information content (AvgIpc) is 3.43. The molecule has 1 N–H and O–H groups in total. The summed E-state index contributed by atoms with van der Waals surface area (Å²) in [6.45, 7) is 0.629. The zero-order valence-electron chi connectivity index (χ0n) is 21.8. The number of benzene rings is 2. The molecule has 0 unspecified atom stereocenters. The van der Waals surface area contributed by atoms with Crippen molar-refractivity contribution < 1.29 is 14.1 Å². The molecule has 0 bridgehead atoms. The summed E-state index contributed by atoms with van der Waals surface area (Å²) in [5.41, 5.74) is 3.08. The molecule has 1 fully saturated rings. The molecule has 7 nitrogen and oxygen atoms in total. The summed E-state index contributed by atoms with van der Waals surface area (Å²) in [6, 6.07) is 22.3. The fourth-order valence-corrected chi connectivity index (χ4v) is 5.48. The maximum Gasteiger partial charge on any atom is 0.231 e. The second-order valence-corrected chi connectivity index (χ2v) is 10.1. The van der Waals surface area contributed by atoms with Gasteiger partial charge in [0.15, 0.2) is 5.82 Å². The van der Waals surface area contributed by atoms with E-state index >= 15 is 0 Å². The number of carbonyl (C=O) groups excluding carboxylic acids is 1. The number of nitrogens with one attached hydrogen (secondary N) is 1. The number of hydrogen-bond donors (Lipinski definition) is 1. The maximum absolute atomic E-state index is 12.7. The highest BCUT2D eigenvalue weighted by atomic mass is 16.5. The lowest BCUT2D eigenvalue weighted by atomic mass is 9.65. The highest BCUT2D eigenvalue weighted by Crippen LogP contribution is 2.46. The highest BCUT2D eigenvalue weighted by Gasteiger charge is 2.42. The van der Waals surface area contributed by atoms with Gasteiger partial charge in [-0.25, -0.2) is 0 Å². The predicted molar refractivity (Wildman–Crippen MR) is 145 cm³/mol. The summed E-state index contributed by atoms with van der Waals surface area (Å²) in [5, 5.41) is 7.56. The van der Waals surface area contributed by atoms with E-state index in [1.807, 2.05) is 48.7 Å². The van der Waals surface area contributed by atoms with Crippen LogP contribution in [0.4, 0.5) is 0 Å². The molecule has 196 valence electrons. The smallest absolute Gasteiger partial charge is 0.231 e. The molecule has 2 aromatic carbocycles. The van der Waals surface area contributed by atoms with Crippen LogP contribution in [-0.4, -0.2) is 34.7 Å². The number of hydrogen-bond acceptors (Lipinski definition) is 6. The van der Waals surface area contributed by atoms with Crippen LogP contribution < -0.4 is 10.1 Å². The molecule has 0 radical (unpaired) electrons. The Labute approximate surface area is 223 Å². The second kappa shape index (κ2) is 12.0. The highest BCUT2D eigenvalue weighted by molar-refractivity contribution is 5.76. The van der Waals surface area contributed by atoms with Crippen molar-refractivity contribution >= 4 is 5.91 Å². The summed E-state index contributed by atoms with van der Waals surface area (Å²) in [7, 11) is 1.66. The molecule has 0 atom stereocenters. The Morgan fingerprint density at radius 2 is 1.87 bits per heavy atom. The van der Waals surface area contributed by atoms with Crippen LogP contribution in [0.5, 0.6) is 5.75 Å². The summed E-state index contributed by atoms with van der Waals surface area (Å²) in [4.78, 5) is 21.7. The lowest BCUT2D eigenvalue weighted by molar-refractivity contribution is -0.122. The molecule has 0 saturated heterocycles. The van der Waals surface area contributed by atoms with Crippen LogP contribution in [0.3, 0.4) is 0 Å². The van der Waals surface area contributed by atoms with Gasteiger partial charge in [0.05, 0.1) is 18.9 Å². The Balaban J connectivity index is 1.23. The monoisotopic (exact) mass is 510 g/mol. The maximum atomic E-state index is 12.7. The van der Waals surface area contributed by atoms with E-state index in [-0.39, 0.29) is 11.3 Å². The van der Waals surface area contributed by atoms with E-state index < -0.39 is 0 Å². The summed E-state index contributed by atoms with van der Waals surface area (Å²) in [6.07, 6.45) is 9.12. The number of amides is 1. The largest absolute Gasteiger partial charge is 0.497 e.